The molecule has 1 aromatic carbocycles. The van der Waals surface area contributed by atoms with Crippen LogP contribution in [0.1, 0.15) is 17.2 Å². The van der Waals surface area contributed by atoms with Crippen LogP contribution >= 0.6 is 0 Å². The maximum absolute atomic E-state index is 11.3. The van der Waals surface area contributed by atoms with Gasteiger partial charge in [0.25, 0.3) is 0 Å². The number of aliphatic hydroxyl groups is 5. The van der Waals surface area contributed by atoms with Crippen molar-refractivity contribution in [2.24, 2.45) is 0 Å². The van der Waals surface area contributed by atoms with Crippen LogP contribution in [0, 0.1) is 0 Å². The van der Waals surface area contributed by atoms with E-state index in [4.69, 9.17) is 5.11 Å². The Morgan fingerprint density at radius 2 is 1.72 bits per heavy atom. The lowest BCUT2D eigenvalue weighted by molar-refractivity contribution is -0.142. The van der Waals surface area contributed by atoms with Gasteiger partial charge in [-0.05, 0) is 29.7 Å². The number of aliphatic hydroxyl groups excluding tert-OH is 5. The third kappa shape index (κ3) is 3.84. The van der Waals surface area contributed by atoms with Crippen LogP contribution in [-0.2, 0) is 11.2 Å². The molecule has 0 saturated heterocycles. The van der Waals surface area contributed by atoms with Gasteiger partial charge in [-0.15, -0.1) is 0 Å². The first kappa shape index (κ1) is 19.4. The number of phenols is 2. The summed E-state index contributed by atoms with van der Waals surface area (Å²) in [5, 5.41) is 79.5. The molecule has 6 atom stereocenters. The third-order valence-electron chi connectivity index (χ3n) is 4.30. The SMILES string of the molecule is O=C(O)[C@@H]1Cc2cc(O)c(O)cc2[C@H]([C@H](O)[C@@H](O)[C@H](O)[C@H](O)CO)N1. The van der Waals surface area contributed by atoms with Crippen molar-refractivity contribution in [1.82, 2.24) is 5.32 Å². The normalized spacial score (nSPS) is 24.8. The summed E-state index contributed by atoms with van der Waals surface area (Å²) in [5.74, 6) is -2.20. The van der Waals surface area contributed by atoms with E-state index < -0.39 is 60.6 Å². The van der Waals surface area contributed by atoms with E-state index in [1.165, 1.54) is 0 Å². The average molecular weight is 359 g/mol. The number of fused-ring (bicyclic) bond motifs is 1. The van der Waals surface area contributed by atoms with Crippen molar-refractivity contribution in [3.63, 3.8) is 0 Å². The zero-order chi connectivity index (χ0) is 18.9. The summed E-state index contributed by atoms with van der Waals surface area (Å²) >= 11 is 0. The molecule has 0 aliphatic carbocycles. The molecule has 0 aromatic heterocycles. The van der Waals surface area contributed by atoms with Crippen LogP contribution in [-0.4, -0.2) is 83.9 Å². The number of phenolic OH excluding ortho intramolecular Hbond substituents is 2. The fourth-order valence-electron chi connectivity index (χ4n) is 2.86. The van der Waals surface area contributed by atoms with Gasteiger partial charge < -0.3 is 40.9 Å². The van der Waals surface area contributed by atoms with Gasteiger partial charge in [-0.25, -0.2) is 0 Å². The fourth-order valence-corrected chi connectivity index (χ4v) is 2.86. The van der Waals surface area contributed by atoms with Crippen molar-refractivity contribution < 1.29 is 45.6 Å². The Kier molecular flexibility index (Phi) is 5.83. The highest BCUT2D eigenvalue weighted by atomic mass is 16.4. The lowest BCUT2D eigenvalue weighted by Crippen LogP contribution is -2.54. The minimum absolute atomic E-state index is 0.0420. The van der Waals surface area contributed by atoms with E-state index in [2.05, 4.69) is 5.32 Å². The zero-order valence-electron chi connectivity index (χ0n) is 13.0. The van der Waals surface area contributed by atoms with E-state index in [-0.39, 0.29) is 12.0 Å². The second-order valence-electron chi connectivity index (χ2n) is 6.00. The number of rotatable bonds is 6. The van der Waals surface area contributed by atoms with Gasteiger partial charge in [-0.1, -0.05) is 0 Å². The monoisotopic (exact) mass is 359 g/mol. The van der Waals surface area contributed by atoms with Gasteiger partial charge >= 0.3 is 5.97 Å². The molecule has 0 fully saturated rings. The summed E-state index contributed by atoms with van der Waals surface area (Å²) in [6.07, 6.45) is -7.34. The molecule has 10 nitrogen and oxygen atoms in total. The number of hydrogen-bond donors (Lipinski definition) is 9. The first-order chi connectivity index (χ1) is 11.7. The molecule has 140 valence electrons. The third-order valence-corrected chi connectivity index (χ3v) is 4.30. The number of benzene rings is 1. The van der Waals surface area contributed by atoms with Gasteiger partial charge in [0.15, 0.2) is 11.5 Å². The van der Waals surface area contributed by atoms with Crippen molar-refractivity contribution in [2.45, 2.75) is 42.9 Å². The van der Waals surface area contributed by atoms with E-state index >= 15 is 0 Å². The maximum Gasteiger partial charge on any atom is 0.321 e. The van der Waals surface area contributed by atoms with Crippen LogP contribution in [0.4, 0.5) is 0 Å². The molecule has 0 spiro atoms. The molecule has 1 aliphatic heterocycles. The number of carboxylic acids is 1. The molecule has 0 unspecified atom stereocenters. The Bertz CT molecular complexity index is 638. The minimum Gasteiger partial charge on any atom is -0.504 e. The van der Waals surface area contributed by atoms with Crippen LogP contribution in [0.2, 0.25) is 0 Å². The first-order valence-electron chi connectivity index (χ1n) is 7.54. The number of aromatic hydroxyl groups is 2. The van der Waals surface area contributed by atoms with Gasteiger partial charge in [-0.3, -0.25) is 10.1 Å². The quantitative estimate of drug-likeness (QED) is 0.239. The number of hydrogen-bond acceptors (Lipinski definition) is 9. The predicted molar refractivity (Wildman–Crippen MR) is 81.9 cm³/mol. The van der Waals surface area contributed by atoms with Crippen molar-refractivity contribution in [2.75, 3.05) is 6.61 Å². The van der Waals surface area contributed by atoms with E-state index in [0.717, 1.165) is 12.1 Å². The number of nitrogens with one attached hydrogen (secondary N) is 1. The van der Waals surface area contributed by atoms with E-state index in [9.17, 15) is 40.5 Å². The van der Waals surface area contributed by atoms with Gasteiger partial charge in [-0.2, -0.15) is 0 Å². The van der Waals surface area contributed by atoms with E-state index in [0.29, 0.717) is 5.56 Å². The second kappa shape index (κ2) is 7.52. The van der Waals surface area contributed by atoms with Crippen molar-refractivity contribution >= 4 is 5.97 Å². The summed E-state index contributed by atoms with van der Waals surface area (Å²) in [6.45, 7) is -0.855. The number of aliphatic carboxylic acids is 1. The van der Waals surface area contributed by atoms with Crippen LogP contribution in [0.15, 0.2) is 12.1 Å². The molecule has 2 rings (SSSR count). The molecule has 1 aliphatic rings. The van der Waals surface area contributed by atoms with Crippen molar-refractivity contribution in [3.8, 4) is 11.5 Å². The molecular weight excluding hydrogens is 338 g/mol. The predicted octanol–water partition coefficient (Wildman–Crippen LogP) is -2.83. The molecule has 0 radical (unpaired) electrons. The largest absolute Gasteiger partial charge is 0.504 e. The second-order valence-corrected chi connectivity index (χ2v) is 6.00. The minimum atomic E-state index is -1.92. The smallest absolute Gasteiger partial charge is 0.321 e. The summed E-state index contributed by atoms with van der Waals surface area (Å²) in [4.78, 5) is 11.3. The summed E-state index contributed by atoms with van der Waals surface area (Å²) < 4.78 is 0. The van der Waals surface area contributed by atoms with Gasteiger partial charge in [0, 0.05) is 0 Å². The Labute approximate surface area is 142 Å². The fraction of sp³-hybridized carbons (Fsp3) is 0.533. The summed E-state index contributed by atoms with van der Waals surface area (Å²) in [6, 6.07) is -0.0901. The van der Waals surface area contributed by atoms with Crippen LogP contribution in [0.3, 0.4) is 0 Å². The number of carbonyl (C=O) groups is 1. The van der Waals surface area contributed by atoms with Crippen LogP contribution in [0.5, 0.6) is 11.5 Å². The Balaban J connectivity index is 2.38. The highest BCUT2D eigenvalue weighted by molar-refractivity contribution is 5.75. The zero-order valence-corrected chi connectivity index (χ0v) is 13.0. The van der Waals surface area contributed by atoms with E-state index in [1.807, 2.05) is 0 Å². The molecule has 0 saturated carbocycles. The Hall–Kier alpha value is -1.95. The van der Waals surface area contributed by atoms with Crippen molar-refractivity contribution in [3.05, 3.63) is 23.3 Å². The highest BCUT2D eigenvalue weighted by Crippen LogP contribution is 2.37. The summed E-state index contributed by atoms with van der Waals surface area (Å²) in [7, 11) is 0. The molecule has 10 heteroatoms. The molecule has 0 bridgehead atoms. The van der Waals surface area contributed by atoms with E-state index in [1.54, 1.807) is 0 Å². The highest BCUT2D eigenvalue weighted by Gasteiger charge is 2.40. The maximum atomic E-state index is 11.3. The van der Waals surface area contributed by atoms with Crippen LogP contribution in [0.25, 0.3) is 0 Å². The molecular formula is C15H21NO9. The first-order valence-corrected chi connectivity index (χ1v) is 7.54. The molecule has 25 heavy (non-hydrogen) atoms. The topological polar surface area (TPSA) is 191 Å². The van der Waals surface area contributed by atoms with Crippen LogP contribution < -0.4 is 5.32 Å². The van der Waals surface area contributed by atoms with Gasteiger partial charge in [0.1, 0.15) is 30.5 Å². The average Bonchev–Trinajstić information content (AvgIpc) is 2.59. The molecule has 0 amide bonds. The number of carboxylic acid groups (broad SMARTS) is 1. The van der Waals surface area contributed by atoms with Gasteiger partial charge in [0.05, 0.1) is 12.6 Å². The molecule has 1 heterocycles. The molecule has 9 N–H and O–H groups in total. The standard InChI is InChI=1S/C15H21NO9/c17-4-10(20)12(21)14(23)13(22)11-6-3-9(19)8(18)2-5(6)1-7(16-11)15(24)25/h2-3,7,10-14,16-23H,1,4H2,(H,24,25)/t7-,10+,11+,12+,13-,14-/m0/s1. The molecule has 1 aromatic rings. The lowest BCUT2D eigenvalue weighted by Gasteiger charge is -2.37. The Morgan fingerprint density at radius 3 is 2.28 bits per heavy atom. The van der Waals surface area contributed by atoms with Gasteiger partial charge in [0.2, 0.25) is 0 Å². The van der Waals surface area contributed by atoms with Crippen molar-refractivity contribution in [1.29, 1.82) is 0 Å². The Morgan fingerprint density at radius 1 is 1.12 bits per heavy atom. The summed E-state index contributed by atoms with van der Waals surface area (Å²) in [5.41, 5.74) is 0.555. The lowest BCUT2D eigenvalue weighted by atomic mass is 9.84.